The van der Waals surface area contributed by atoms with Crippen LogP contribution in [0.5, 0.6) is 0 Å². The van der Waals surface area contributed by atoms with Gasteiger partial charge in [0.1, 0.15) is 11.6 Å². The van der Waals surface area contributed by atoms with Gasteiger partial charge in [0.05, 0.1) is 9.26 Å². The summed E-state index contributed by atoms with van der Waals surface area (Å²) in [4.78, 5) is 18.9. The van der Waals surface area contributed by atoms with E-state index in [1.165, 1.54) is 12.1 Å². The summed E-state index contributed by atoms with van der Waals surface area (Å²) >= 11 is 2.00. The zero-order valence-corrected chi connectivity index (χ0v) is 12.0. The minimum absolute atomic E-state index is 0.145. The van der Waals surface area contributed by atoms with Crippen LogP contribution in [0.25, 0.3) is 11.4 Å². The zero-order valence-electron chi connectivity index (χ0n) is 9.84. The van der Waals surface area contributed by atoms with Crippen LogP contribution in [-0.4, -0.2) is 9.97 Å². The highest BCUT2D eigenvalue weighted by Crippen LogP contribution is 2.16. The summed E-state index contributed by atoms with van der Waals surface area (Å²) in [5.41, 5.74) is 1.36. The van der Waals surface area contributed by atoms with Crippen molar-refractivity contribution in [2.24, 2.45) is 0 Å². The number of aryl methyl sites for hydroxylation is 1. The van der Waals surface area contributed by atoms with Gasteiger partial charge in [-0.3, -0.25) is 4.79 Å². The number of benzene rings is 1. The third-order valence-electron chi connectivity index (χ3n) is 2.54. The van der Waals surface area contributed by atoms with Crippen molar-refractivity contribution in [3.05, 3.63) is 49.7 Å². The first kappa shape index (κ1) is 13.2. The lowest BCUT2D eigenvalue weighted by atomic mass is 10.2. The number of aromatic nitrogens is 2. The van der Waals surface area contributed by atoms with Crippen molar-refractivity contribution >= 4 is 22.6 Å². The molecule has 0 radical (unpaired) electrons. The van der Waals surface area contributed by atoms with E-state index in [4.69, 9.17) is 0 Å². The maximum atomic E-state index is 12.9. The molecule has 0 atom stereocenters. The Bertz CT molecular complexity index is 607. The van der Waals surface area contributed by atoms with Crippen LogP contribution < -0.4 is 5.56 Å². The number of rotatable bonds is 3. The molecule has 1 N–H and O–H groups in total. The number of nitrogens with zero attached hydrogens (tertiary/aromatic N) is 1. The third kappa shape index (κ3) is 2.77. The summed E-state index contributed by atoms with van der Waals surface area (Å²) in [7, 11) is 0. The molecular formula is C13H12FIN2O. The maximum absolute atomic E-state index is 12.9. The molecule has 0 fully saturated rings. The van der Waals surface area contributed by atoms with E-state index in [-0.39, 0.29) is 11.4 Å². The Balaban J connectivity index is 2.51. The molecule has 0 aliphatic rings. The standard InChI is InChI=1S/C13H12FIN2O/c1-2-3-10-11(15)13(18)17-12(16-10)8-4-6-9(14)7-5-8/h4-7H,2-3H2,1H3,(H,16,17,18). The van der Waals surface area contributed by atoms with Gasteiger partial charge >= 0.3 is 0 Å². The Hall–Kier alpha value is -1.24. The van der Waals surface area contributed by atoms with Crippen molar-refractivity contribution in [2.45, 2.75) is 19.8 Å². The van der Waals surface area contributed by atoms with E-state index in [1.807, 2.05) is 29.5 Å². The zero-order chi connectivity index (χ0) is 13.1. The lowest BCUT2D eigenvalue weighted by Crippen LogP contribution is -2.16. The average molecular weight is 358 g/mol. The minimum Gasteiger partial charge on any atom is -0.306 e. The lowest BCUT2D eigenvalue weighted by molar-refractivity contribution is 0.628. The van der Waals surface area contributed by atoms with Gasteiger partial charge < -0.3 is 4.98 Å². The Labute approximate surface area is 118 Å². The Morgan fingerprint density at radius 1 is 1.33 bits per heavy atom. The van der Waals surface area contributed by atoms with Crippen LogP contribution in [0, 0.1) is 9.39 Å². The van der Waals surface area contributed by atoms with Crippen LogP contribution in [0.15, 0.2) is 29.1 Å². The van der Waals surface area contributed by atoms with E-state index in [2.05, 4.69) is 9.97 Å². The molecule has 2 rings (SSSR count). The summed E-state index contributed by atoms with van der Waals surface area (Å²) in [6.45, 7) is 2.04. The van der Waals surface area contributed by atoms with Crippen molar-refractivity contribution in [2.75, 3.05) is 0 Å². The number of nitrogens with one attached hydrogen (secondary N) is 1. The fourth-order valence-corrected chi connectivity index (χ4v) is 2.18. The summed E-state index contributed by atoms with van der Waals surface area (Å²) in [6.07, 6.45) is 1.69. The van der Waals surface area contributed by atoms with Crippen molar-refractivity contribution < 1.29 is 4.39 Å². The van der Waals surface area contributed by atoms with E-state index < -0.39 is 0 Å². The topological polar surface area (TPSA) is 45.8 Å². The number of hydrogen-bond donors (Lipinski definition) is 1. The number of H-pyrrole nitrogens is 1. The first-order valence-electron chi connectivity index (χ1n) is 5.66. The number of hydrogen-bond acceptors (Lipinski definition) is 2. The molecule has 0 saturated heterocycles. The molecule has 1 aromatic carbocycles. The lowest BCUT2D eigenvalue weighted by Gasteiger charge is -2.06. The van der Waals surface area contributed by atoms with E-state index in [1.54, 1.807) is 12.1 Å². The van der Waals surface area contributed by atoms with Crippen LogP contribution >= 0.6 is 22.6 Å². The van der Waals surface area contributed by atoms with Crippen LogP contribution in [0.4, 0.5) is 4.39 Å². The maximum Gasteiger partial charge on any atom is 0.264 e. The Kier molecular flexibility index (Phi) is 4.11. The van der Waals surface area contributed by atoms with Gasteiger partial charge in [-0.25, -0.2) is 9.37 Å². The van der Waals surface area contributed by atoms with Crippen LogP contribution in [0.1, 0.15) is 19.0 Å². The van der Waals surface area contributed by atoms with Crippen LogP contribution in [-0.2, 0) is 6.42 Å². The molecule has 0 bridgehead atoms. The predicted octanol–water partition coefficient (Wildman–Crippen LogP) is 3.13. The summed E-state index contributed by atoms with van der Waals surface area (Å²) in [6, 6.07) is 5.92. The predicted molar refractivity (Wildman–Crippen MR) is 77.0 cm³/mol. The molecule has 5 heteroatoms. The molecule has 3 nitrogen and oxygen atoms in total. The summed E-state index contributed by atoms with van der Waals surface area (Å²) < 4.78 is 13.5. The van der Waals surface area contributed by atoms with Gasteiger partial charge in [0, 0.05) is 5.56 Å². The minimum atomic E-state index is -0.305. The summed E-state index contributed by atoms with van der Waals surface area (Å²) in [5.74, 6) is 0.184. The van der Waals surface area contributed by atoms with E-state index in [0.717, 1.165) is 18.5 Å². The highest BCUT2D eigenvalue weighted by Gasteiger charge is 2.09. The van der Waals surface area contributed by atoms with E-state index in [0.29, 0.717) is 15.0 Å². The molecule has 0 aliphatic carbocycles. The second-order valence-electron chi connectivity index (χ2n) is 3.93. The van der Waals surface area contributed by atoms with Gasteiger partial charge in [0.15, 0.2) is 0 Å². The van der Waals surface area contributed by atoms with Crippen molar-refractivity contribution in [3.63, 3.8) is 0 Å². The molecular weight excluding hydrogens is 346 g/mol. The fraction of sp³-hybridized carbons (Fsp3) is 0.231. The summed E-state index contributed by atoms with van der Waals surface area (Å²) in [5, 5.41) is 0. The normalized spacial score (nSPS) is 10.6. The quantitative estimate of drug-likeness (QED) is 0.857. The van der Waals surface area contributed by atoms with Gasteiger partial charge in [0.2, 0.25) is 0 Å². The third-order valence-corrected chi connectivity index (χ3v) is 3.65. The van der Waals surface area contributed by atoms with Gasteiger partial charge in [-0.05, 0) is 53.3 Å². The molecule has 94 valence electrons. The number of aromatic amines is 1. The van der Waals surface area contributed by atoms with Gasteiger partial charge in [-0.15, -0.1) is 0 Å². The SMILES string of the molecule is CCCc1nc(-c2ccc(F)cc2)[nH]c(=O)c1I. The molecule has 1 heterocycles. The molecule has 0 spiro atoms. The second kappa shape index (κ2) is 5.60. The smallest absolute Gasteiger partial charge is 0.264 e. The first-order chi connectivity index (χ1) is 8.61. The fourth-order valence-electron chi connectivity index (χ4n) is 1.65. The van der Waals surface area contributed by atoms with Gasteiger partial charge in [-0.2, -0.15) is 0 Å². The average Bonchev–Trinajstić information content (AvgIpc) is 2.36. The second-order valence-corrected chi connectivity index (χ2v) is 5.01. The monoisotopic (exact) mass is 358 g/mol. The van der Waals surface area contributed by atoms with Crippen molar-refractivity contribution in [1.82, 2.24) is 9.97 Å². The highest BCUT2D eigenvalue weighted by molar-refractivity contribution is 14.1. The van der Waals surface area contributed by atoms with Crippen molar-refractivity contribution in [1.29, 1.82) is 0 Å². The largest absolute Gasteiger partial charge is 0.306 e. The molecule has 1 aromatic heterocycles. The molecule has 0 aliphatic heterocycles. The molecule has 2 aromatic rings. The van der Waals surface area contributed by atoms with Crippen molar-refractivity contribution in [3.8, 4) is 11.4 Å². The molecule has 18 heavy (non-hydrogen) atoms. The molecule has 0 amide bonds. The van der Waals surface area contributed by atoms with Gasteiger partial charge in [0.25, 0.3) is 5.56 Å². The van der Waals surface area contributed by atoms with Crippen LogP contribution in [0.3, 0.4) is 0 Å². The first-order valence-corrected chi connectivity index (χ1v) is 6.74. The van der Waals surface area contributed by atoms with Crippen LogP contribution in [0.2, 0.25) is 0 Å². The molecule has 0 unspecified atom stereocenters. The highest BCUT2D eigenvalue weighted by atomic mass is 127. The molecule has 0 saturated carbocycles. The Morgan fingerprint density at radius 2 is 2.00 bits per heavy atom. The van der Waals surface area contributed by atoms with Gasteiger partial charge in [-0.1, -0.05) is 13.3 Å². The number of halogens is 2. The van der Waals surface area contributed by atoms with E-state index in [9.17, 15) is 9.18 Å². The Morgan fingerprint density at radius 3 is 2.61 bits per heavy atom. The van der Waals surface area contributed by atoms with E-state index >= 15 is 0 Å².